The first-order chi connectivity index (χ1) is 16.0. The molecule has 10 heteroatoms. The van der Waals surface area contributed by atoms with E-state index in [9.17, 15) is 13.6 Å². The second-order valence-corrected chi connectivity index (χ2v) is 8.84. The number of rotatable bonds is 5. The molecule has 3 heterocycles. The lowest BCUT2D eigenvalue weighted by Crippen LogP contribution is -2.26. The van der Waals surface area contributed by atoms with Crippen molar-refractivity contribution in [3.63, 3.8) is 0 Å². The molecule has 33 heavy (non-hydrogen) atoms. The van der Waals surface area contributed by atoms with Crippen molar-refractivity contribution >= 4 is 34.7 Å². The molecule has 1 aliphatic carbocycles. The highest BCUT2D eigenvalue weighted by molar-refractivity contribution is 5.77. The number of nitrogens with one attached hydrogen (secondary N) is 2. The minimum atomic E-state index is -0.712. The molecule has 3 aromatic rings. The molecule has 1 aliphatic heterocycles. The molecule has 174 valence electrons. The molecule has 0 radical (unpaired) electrons. The first kappa shape index (κ1) is 21.5. The van der Waals surface area contributed by atoms with Gasteiger partial charge in [0, 0.05) is 32.1 Å². The largest absolute Gasteiger partial charge is 0.351 e. The van der Waals surface area contributed by atoms with Crippen LogP contribution in [0.1, 0.15) is 51.5 Å². The number of nitrogens with zero attached hydrogens (tertiary/aromatic N) is 5. The van der Waals surface area contributed by atoms with Gasteiger partial charge in [-0.3, -0.25) is 9.36 Å². The molecular formula is C23H27F2N7O. The van der Waals surface area contributed by atoms with Gasteiger partial charge < -0.3 is 15.5 Å². The zero-order valence-corrected chi connectivity index (χ0v) is 18.5. The van der Waals surface area contributed by atoms with Gasteiger partial charge in [0.1, 0.15) is 17.2 Å². The van der Waals surface area contributed by atoms with E-state index in [2.05, 4.69) is 20.6 Å². The molecule has 2 aromatic heterocycles. The molecule has 5 rings (SSSR count). The van der Waals surface area contributed by atoms with Crippen LogP contribution in [0.3, 0.4) is 0 Å². The lowest BCUT2D eigenvalue weighted by Gasteiger charge is -2.22. The highest BCUT2D eigenvalue weighted by atomic mass is 19.1. The fourth-order valence-electron chi connectivity index (χ4n) is 4.77. The third-order valence-electron chi connectivity index (χ3n) is 6.52. The van der Waals surface area contributed by atoms with Crippen LogP contribution in [0.2, 0.25) is 0 Å². The number of halogens is 2. The zero-order valence-electron chi connectivity index (χ0n) is 18.5. The van der Waals surface area contributed by atoms with Crippen molar-refractivity contribution in [3.05, 3.63) is 36.0 Å². The summed E-state index contributed by atoms with van der Waals surface area (Å²) in [7, 11) is 0. The first-order valence-corrected chi connectivity index (χ1v) is 11.5. The van der Waals surface area contributed by atoms with Crippen LogP contribution in [-0.4, -0.2) is 49.5 Å². The van der Waals surface area contributed by atoms with Crippen LogP contribution in [0.25, 0.3) is 11.2 Å². The highest BCUT2D eigenvalue weighted by Crippen LogP contribution is 2.32. The third kappa shape index (κ3) is 4.46. The van der Waals surface area contributed by atoms with Crippen LogP contribution in [-0.2, 0) is 4.79 Å². The summed E-state index contributed by atoms with van der Waals surface area (Å²) in [6.07, 6.45) is 8.21. The number of amides is 1. The van der Waals surface area contributed by atoms with Crippen molar-refractivity contribution in [3.8, 4) is 0 Å². The van der Waals surface area contributed by atoms with Gasteiger partial charge in [0.25, 0.3) is 0 Å². The molecule has 1 saturated heterocycles. The predicted molar refractivity (Wildman–Crippen MR) is 121 cm³/mol. The summed E-state index contributed by atoms with van der Waals surface area (Å²) in [4.78, 5) is 27.5. The molecule has 8 nitrogen and oxygen atoms in total. The van der Waals surface area contributed by atoms with Gasteiger partial charge in [0.2, 0.25) is 17.8 Å². The van der Waals surface area contributed by atoms with Crippen molar-refractivity contribution in [2.75, 3.05) is 23.7 Å². The smallest absolute Gasteiger partial charge is 0.224 e. The lowest BCUT2D eigenvalue weighted by atomic mass is 9.96. The molecule has 0 spiro atoms. The van der Waals surface area contributed by atoms with Crippen LogP contribution in [0, 0.1) is 11.6 Å². The SMILES string of the molecule is CC(=O)N1CC[C@@H](n2c(Nc3ccc(F)cc3F)nc3cnc(NC4CCCCC4)nc32)C1. The van der Waals surface area contributed by atoms with E-state index in [4.69, 9.17) is 4.98 Å². The molecular weight excluding hydrogens is 428 g/mol. The van der Waals surface area contributed by atoms with E-state index in [1.165, 1.54) is 31.4 Å². The minimum Gasteiger partial charge on any atom is -0.351 e. The van der Waals surface area contributed by atoms with E-state index >= 15 is 0 Å². The van der Waals surface area contributed by atoms with E-state index < -0.39 is 11.6 Å². The quantitative estimate of drug-likeness (QED) is 0.594. The average molecular weight is 456 g/mol. The summed E-state index contributed by atoms with van der Waals surface area (Å²) >= 11 is 0. The Morgan fingerprint density at radius 2 is 1.94 bits per heavy atom. The summed E-state index contributed by atoms with van der Waals surface area (Å²) in [5, 5.41) is 6.44. The fraction of sp³-hybridized carbons (Fsp3) is 0.478. The average Bonchev–Trinajstić information content (AvgIpc) is 3.41. The van der Waals surface area contributed by atoms with Crippen LogP contribution < -0.4 is 10.6 Å². The predicted octanol–water partition coefficient (Wildman–Crippen LogP) is 4.39. The fourth-order valence-corrected chi connectivity index (χ4v) is 4.77. The van der Waals surface area contributed by atoms with Crippen molar-refractivity contribution in [1.29, 1.82) is 0 Å². The van der Waals surface area contributed by atoms with Gasteiger partial charge >= 0.3 is 0 Å². The van der Waals surface area contributed by atoms with Gasteiger partial charge in [-0.05, 0) is 31.4 Å². The summed E-state index contributed by atoms with van der Waals surface area (Å²) in [6, 6.07) is 3.62. The summed E-state index contributed by atoms with van der Waals surface area (Å²) < 4.78 is 29.7. The van der Waals surface area contributed by atoms with Gasteiger partial charge in [-0.2, -0.15) is 4.98 Å². The number of aromatic nitrogens is 4. The van der Waals surface area contributed by atoms with Crippen molar-refractivity contribution < 1.29 is 13.6 Å². The minimum absolute atomic E-state index is 0.00953. The van der Waals surface area contributed by atoms with Gasteiger partial charge in [0.15, 0.2) is 5.65 Å². The molecule has 0 bridgehead atoms. The standard InChI is InChI=1S/C23H27F2N7O/c1-14(33)31-10-9-17(13-31)32-21-20(12-26-22(30-21)27-16-5-3-2-4-6-16)29-23(32)28-19-8-7-15(24)11-18(19)25/h7-8,11-12,16-17H,2-6,9-10,13H2,1H3,(H,28,29)(H,26,27,30)/t17-/m1/s1. The number of anilines is 3. The topological polar surface area (TPSA) is 88.0 Å². The van der Waals surface area contributed by atoms with Crippen molar-refractivity contribution in [2.45, 2.75) is 57.5 Å². The number of imidazole rings is 1. The molecule has 1 aromatic carbocycles. The summed E-state index contributed by atoms with van der Waals surface area (Å²) in [5.74, 6) is -0.429. The van der Waals surface area contributed by atoms with Crippen LogP contribution >= 0.6 is 0 Å². The highest BCUT2D eigenvalue weighted by Gasteiger charge is 2.30. The lowest BCUT2D eigenvalue weighted by molar-refractivity contribution is -0.127. The number of carbonyl (C=O) groups excluding carboxylic acids is 1. The maximum atomic E-state index is 14.4. The molecule has 1 atom stereocenters. The maximum Gasteiger partial charge on any atom is 0.224 e. The van der Waals surface area contributed by atoms with E-state index in [-0.39, 0.29) is 17.6 Å². The molecule has 2 aliphatic rings. The maximum absolute atomic E-state index is 14.4. The third-order valence-corrected chi connectivity index (χ3v) is 6.52. The number of hydrogen-bond donors (Lipinski definition) is 2. The first-order valence-electron chi connectivity index (χ1n) is 11.5. The van der Waals surface area contributed by atoms with Gasteiger partial charge in [-0.15, -0.1) is 0 Å². The zero-order chi connectivity index (χ0) is 22.9. The van der Waals surface area contributed by atoms with Gasteiger partial charge in [0.05, 0.1) is 17.9 Å². The normalized spacial score (nSPS) is 19.2. The van der Waals surface area contributed by atoms with Crippen LogP contribution in [0.4, 0.5) is 26.4 Å². The van der Waals surface area contributed by atoms with Crippen molar-refractivity contribution in [2.24, 2.45) is 0 Å². The number of likely N-dealkylation sites (tertiary alicyclic amines) is 1. The Bertz CT molecular complexity index is 1180. The van der Waals surface area contributed by atoms with Crippen LogP contribution in [0.5, 0.6) is 0 Å². The van der Waals surface area contributed by atoms with E-state index in [1.54, 1.807) is 18.0 Å². The van der Waals surface area contributed by atoms with E-state index in [1.807, 2.05) is 4.57 Å². The van der Waals surface area contributed by atoms with Gasteiger partial charge in [-0.1, -0.05) is 19.3 Å². The van der Waals surface area contributed by atoms with Crippen LogP contribution in [0.15, 0.2) is 24.4 Å². The second-order valence-electron chi connectivity index (χ2n) is 8.84. The van der Waals surface area contributed by atoms with E-state index in [0.29, 0.717) is 42.2 Å². The number of carbonyl (C=O) groups is 1. The summed E-state index contributed by atoms with van der Waals surface area (Å²) in [5.41, 5.74) is 1.29. The van der Waals surface area contributed by atoms with Crippen molar-refractivity contribution in [1.82, 2.24) is 24.4 Å². The Balaban J connectivity index is 1.52. The van der Waals surface area contributed by atoms with E-state index in [0.717, 1.165) is 25.3 Å². The second kappa shape index (κ2) is 8.92. The Labute approximate surface area is 190 Å². The number of benzene rings is 1. The Morgan fingerprint density at radius 1 is 1.12 bits per heavy atom. The Hall–Kier alpha value is -3.30. The Kier molecular flexibility index (Phi) is 5.82. The molecule has 2 fully saturated rings. The molecule has 1 saturated carbocycles. The molecule has 2 N–H and O–H groups in total. The number of fused-ring (bicyclic) bond motifs is 1. The number of hydrogen-bond acceptors (Lipinski definition) is 6. The summed E-state index contributed by atoms with van der Waals surface area (Å²) in [6.45, 7) is 2.69. The van der Waals surface area contributed by atoms with Gasteiger partial charge in [-0.25, -0.2) is 18.7 Å². The monoisotopic (exact) mass is 455 g/mol. The molecule has 0 unspecified atom stereocenters. The molecule has 1 amide bonds. The Morgan fingerprint density at radius 3 is 2.67 bits per heavy atom.